The molecule has 0 heterocycles. The highest BCUT2D eigenvalue weighted by Gasteiger charge is 2.36. The van der Waals surface area contributed by atoms with E-state index in [1.807, 2.05) is 38.1 Å². The van der Waals surface area contributed by atoms with E-state index >= 15 is 0 Å². The van der Waals surface area contributed by atoms with Crippen molar-refractivity contribution in [2.24, 2.45) is 0 Å². The maximum atomic E-state index is 12.2. The smallest absolute Gasteiger partial charge is 0.320 e. The Morgan fingerprint density at radius 3 is 2.32 bits per heavy atom. The minimum atomic E-state index is -0.890. The van der Waals surface area contributed by atoms with Gasteiger partial charge in [0.2, 0.25) is 5.91 Å². The molecule has 138 valence electrons. The van der Waals surface area contributed by atoms with Crippen molar-refractivity contribution in [3.63, 3.8) is 0 Å². The van der Waals surface area contributed by atoms with Gasteiger partial charge in [0.15, 0.2) is 0 Å². The highest BCUT2D eigenvalue weighted by Crippen LogP contribution is 2.28. The van der Waals surface area contributed by atoms with E-state index in [0.29, 0.717) is 13.2 Å². The molecule has 2 rings (SSSR count). The summed E-state index contributed by atoms with van der Waals surface area (Å²) in [6, 6.07) is 7.51. The van der Waals surface area contributed by atoms with Gasteiger partial charge in [-0.2, -0.15) is 0 Å². The zero-order chi connectivity index (χ0) is 18.4. The molecule has 0 saturated heterocycles. The Morgan fingerprint density at radius 2 is 1.80 bits per heavy atom. The Morgan fingerprint density at radius 1 is 1.20 bits per heavy atom. The lowest BCUT2D eigenvalue weighted by Crippen LogP contribution is -2.46. The number of hydrogen-bond donors (Lipinski definition) is 2. The van der Waals surface area contributed by atoms with E-state index < -0.39 is 12.0 Å². The van der Waals surface area contributed by atoms with Crippen molar-refractivity contribution >= 4 is 11.9 Å². The molecule has 1 aromatic rings. The number of amides is 1. The Hall–Kier alpha value is -1.92. The van der Waals surface area contributed by atoms with Crippen LogP contribution < -0.4 is 5.32 Å². The molecule has 6 heteroatoms. The van der Waals surface area contributed by atoms with Crippen LogP contribution >= 0.6 is 0 Å². The van der Waals surface area contributed by atoms with Gasteiger partial charge < -0.3 is 15.2 Å². The number of nitrogens with one attached hydrogen (secondary N) is 1. The highest BCUT2D eigenvalue weighted by molar-refractivity contribution is 5.80. The topological polar surface area (TPSA) is 78.9 Å². The summed E-state index contributed by atoms with van der Waals surface area (Å²) >= 11 is 0. The summed E-state index contributed by atoms with van der Waals surface area (Å²) < 4.78 is 5.56. The van der Waals surface area contributed by atoms with Gasteiger partial charge in [-0.25, -0.2) is 0 Å². The fraction of sp³-hybridized carbons (Fsp3) is 0.579. The van der Waals surface area contributed by atoms with Crippen LogP contribution in [0.1, 0.15) is 44.7 Å². The molecule has 6 nitrogen and oxygen atoms in total. The molecule has 0 bridgehead atoms. The summed E-state index contributed by atoms with van der Waals surface area (Å²) in [6.45, 7) is 6.77. The van der Waals surface area contributed by atoms with Crippen LogP contribution in [0.5, 0.6) is 0 Å². The van der Waals surface area contributed by atoms with Crippen molar-refractivity contribution in [3.05, 3.63) is 35.4 Å². The zero-order valence-electron chi connectivity index (χ0n) is 15.2. The lowest BCUT2D eigenvalue weighted by molar-refractivity contribution is -0.143. The molecular formula is C19H28N2O4. The second-order valence-corrected chi connectivity index (χ2v) is 6.87. The number of benzene rings is 1. The van der Waals surface area contributed by atoms with Crippen LogP contribution in [0.4, 0.5) is 0 Å². The monoisotopic (exact) mass is 348 g/mol. The van der Waals surface area contributed by atoms with Crippen molar-refractivity contribution in [1.29, 1.82) is 0 Å². The molecule has 1 aliphatic rings. The molecule has 1 atom stereocenters. The molecule has 1 aliphatic carbocycles. The molecule has 0 aromatic heterocycles. The summed E-state index contributed by atoms with van der Waals surface area (Å²) in [7, 11) is 0. The molecule has 1 aromatic carbocycles. The third kappa shape index (κ3) is 6.48. The third-order valence-corrected chi connectivity index (χ3v) is 4.29. The lowest BCUT2D eigenvalue weighted by Gasteiger charge is -2.25. The highest BCUT2D eigenvalue weighted by atomic mass is 16.5. The zero-order valence-corrected chi connectivity index (χ0v) is 15.2. The van der Waals surface area contributed by atoms with Crippen LogP contribution in [0.25, 0.3) is 0 Å². The van der Waals surface area contributed by atoms with Gasteiger partial charge in [-0.05, 0) is 44.7 Å². The first kappa shape index (κ1) is 19.4. The van der Waals surface area contributed by atoms with Gasteiger partial charge in [0.05, 0.1) is 19.3 Å². The molecule has 0 radical (unpaired) electrons. The predicted molar refractivity (Wildman–Crippen MR) is 95.0 cm³/mol. The Balaban J connectivity index is 1.79. The van der Waals surface area contributed by atoms with Gasteiger partial charge in [0.25, 0.3) is 0 Å². The van der Waals surface area contributed by atoms with Crippen molar-refractivity contribution in [1.82, 2.24) is 10.2 Å². The van der Waals surface area contributed by atoms with Crippen molar-refractivity contribution in [2.45, 2.75) is 65.0 Å². The molecule has 1 saturated carbocycles. The van der Waals surface area contributed by atoms with Crippen molar-refractivity contribution in [3.8, 4) is 0 Å². The maximum absolute atomic E-state index is 12.2. The number of nitrogens with zero attached hydrogens (tertiary/aromatic N) is 1. The standard InChI is InChI=1S/C19H28N2O4/c1-13(2)25-12-16-6-4-15(5-7-16)10-20-18(22)11-21(17-8-9-17)14(3)19(23)24/h4-7,13-14,17H,8-12H2,1-3H3,(H,20,22)(H,23,24). The third-order valence-electron chi connectivity index (χ3n) is 4.29. The fourth-order valence-electron chi connectivity index (χ4n) is 2.57. The number of carboxylic acids is 1. The Kier molecular flexibility index (Phi) is 6.96. The first-order chi connectivity index (χ1) is 11.9. The number of aliphatic carboxylic acids is 1. The summed E-state index contributed by atoms with van der Waals surface area (Å²) in [6.07, 6.45) is 2.12. The molecular weight excluding hydrogens is 320 g/mol. The first-order valence-electron chi connectivity index (χ1n) is 8.81. The summed E-state index contributed by atoms with van der Waals surface area (Å²) in [4.78, 5) is 25.1. The van der Waals surface area contributed by atoms with Crippen LogP contribution in [0.3, 0.4) is 0 Å². The van der Waals surface area contributed by atoms with Crippen LogP contribution in [0.2, 0.25) is 0 Å². The van der Waals surface area contributed by atoms with Crippen LogP contribution in [0, 0.1) is 0 Å². The quantitative estimate of drug-likeness (QED) is 0.677. The Labute approximate surface area is 149 Å². The van der Waals surface area contributed by atoms with Gasteiger partial charge in [-0.15, -0.1) is 0 Å². The van der Waals surface area contributed by atoms with Crippen molar-refractivity contribution in [2.75, 3.05) is 6.54 Å². The van der Waals surface area contributed by atoms with E-state index in [9.17, 15) is 14.7 Å². The number of ether oxygens (including phenoxy) is 1. The SMILES string of the molecule is CC(C)OCc1ccc(CNC(=O)CN(C2CC2)C(C)C(=O)O)cc1. The molecule has 0 aliphatic heterocycles. The molecule has 1 amide bonds. The van der Waals surface area contributed by atoms with Crippen LogP contribution in [-0.4, -0.2) is 46.6 Å². The number of rotatable bonds is 10. The average Bonchev–Trinajstić information content (AvgIpc) is 3.41. The van der Waals surface area contributed by atoms with Crippen molar-refractivity contribution < 1.29 is 19.4 Å². The number of hydrogen-bond acceptors (Lipinski definition) is 4. The van der Waals surface area contributed by atoms with E-state index in [2.05, 4.69) is 5.32 Å². The number of carboxylic acid groups (broad SMARTS) is 1. The molecule has 1 fully saturated rings. The summed E-state index contributed by atoms with van der Waals surface area (Å²) in [5.74, 6) is -1.04. The van der Waals surface area contributed by atoms with Gasteiger partial charge in [0.1, 0.15) is 6.04 Å². The van der Waals surface area contributed by atoms with Crippen LogP contribution in [-0.2, 0) is 27.5 Å². The summed E-state index contributed by atoms with van der Waals surface area (Å²) in [5, 5.41) is 12.0. The number of carbonyl (C=O) groups excluding carboxylic acids is 1. The normalized spacial score (nSPS) is 15.4. The minimum Gasteiger partial charge on any atom is -0.480 e. The lowest BCUT2D eigenvalue weighted by atomic mass is 10.1. The fourth-order valence-corrected chi connectivity index (χ4v) is 2.57. The van der Waals surface area contributed by atoms with Gasteiger partial charge >= 0.3 is 5.97 Å². The maximum Gasteiger partial charge on any atom is 0.320 e. The largest absolute Gasteiger partial charge is 0.480 e. The first-order valence-corrected chi connectivity index (χ1v) is 8.81. The number of carbonyl (C=O) groups is 2. The molecule has 0 spiro atoms. The predicted octanol–water partition coefficient (Wildman–Crippen LogP) is 2.17. The van der Waals surface area contributed by atoms with Gasteiger partial charge in [-0.1, -0.05) is 24.3 Å². The van der Waals surface area contributed by atoms with E-state index in [4.69, 9.17) is 4.74 Å². The minimum absolute atomic E-state index is 0.123. The van der Waals surface area contributed by atoms with E-state index in [-0.39, 0.29) is 24.6 Å². The second kappa shape index (κ2) is 8.97. The van der Waals surface area contributed by atoms with E-state index in [1.165, 1.54) is 0 Å². The molecule has 25 heavy (non-hydrogen) atoms. The molecule has 1 unspecified atom stereocenters. The van der Waals surface area contributed by atoms with E-state index in [0.717, 1.165) is 24.0 Å². The van der Waals surface area contributed by atoms with Gasteiger partial charge in [0, 0.05) is 12.6 Å². The average molecular weight is 348 g/mol. The Bertz CT molecular complexity index is 582. The molecule has 2 N–H and O–H groups in total. The summed E-state index contributed by atoms with van der Waals surface area (Å²) in [5.41, 5.74) is 2.10. The second-order valence-electron chi connectivity index (χ2n) is 6.87. The van der Waals surface area contributed by atoms with Crippen LogP contribution in [0.15, 0.2) is 24.3 Å². The van der Waals surface area contributed by atoms with Gasteiger partial charge in [-0.3, -0.25) is 14.5 Å². The van der Waals surface area contributed by atoms with E-state index in [1.54, 1.807) is 11.8 Å².